The summed E-state index contributed by atoms with van der Waals surface area (Å²) in [4.78, 5) is 22.6. The number of fused-ring (bicyclic) bond motifs is 2. The third kappa shape index (κ3) is 3.86. The molecule has 5 aromatic rings. The number of carbonyl (C=O) groups excluding carboxylic acids is 1. The summed E-state index contributed by atoms with van der Waals surface area (Å²) in [6.45, 7) is 3.15. The number of aromatic nitrogens is 4. The number of carbonyl (C=O) groups is 1. The third-order valence-corrected chi connectivity index (χ3v) is 8.71. The molecule has 1 saturated heterocycles. The number of piperidine rings is 1. The van der Waals surface area contributed by atoms with Crippen LogP contribution >= 0.6 is 23.1 Å². The van der Waals surface area contributed by atoms with E-state index < -0.39 is 0 Å². The van der Waals surface area contributed by atoms with Gasteiger partial charge in [0.15, 0.2) is 15.7 Å². The van der Waals surface area contributed by atoms with Crippen LogP contribution in [0.4, 0.5) is 5.82 Å². The van der Waals surface area contributed by atoms with Crippen molar-refractivity contribution >= 4 is 56.0 Å². The predicted octanol–water partition coefficient (Wildman–Crippen LogP) is 5.46. The Bertz CT molecular complexity index is 1560. The van der Waals surface area contributed by atoms with Gasteiger partial charge in [-0.1, -0.05) is 17.8 Å². The lowest BCUT2D eigenvalue weighted by molar-refractivity contribution is -0.130. The molecule has 5 heterocycles. The highest BCUT2D eigenvalue weighted by Gasteiger charge is 2.23. The molecule has 0 atom stereocenters. The Morgan fingerprint density at radius 3 is 2.83 bits per heavy atom. The maximum absolute atomic E-state index is 11.7. The van der Waals surface area contributed by atoms with Crippen LogP contribution in [0.3, 0.4) is 0 Å². The van der Waals surface area contributed by atoms with Gasteiger partial charge in [0.2, 0.25) is 5.91 Å². The molecule has 4 aromatic heterocycles. The first-order valence-corrected chi connectivity index (χ1v) is 13.5. The van der Waals surface area contributed by atoms with Gasteiger partial charge in [0.05, 0.1) is 22.5 Å². The smallest absolute Gasteiger partial charge is 0.219 e. The number of benzene rings is 1. The first kappa shape index (κ1) is 22.1. The number of pyridine rings is 1. The van der Waals surface area contributed by atoms with Crippen molar-refractivity contribution in [1.29, 1.82) is 0 Å². The summed E-state index contributed by atoms with van der Waals surface area (Å²) in [7, 11) is 0. The van der Waals surface area contributed by atoms with Crippen LogP contribution in [0.25, 0.3) is 43.6 Å². The van der Waals surface area contributed by atoms with E-state index >= 15 is 0 Å². The second kappa shape index (κ2) is 8.69. The van der Waals surface area contributed by atoms with E-state index in [1.165, 1.54) is 0 Å². The van der Waals surface area contributed by atoms with Crippen LogP contribution in [0.15, 0.2) is 51.6 Å². The van der Waals surface area contributed by atoms with Crippen LogP contribution in [-0.2, 0) is 4.79 Å². The van der Waals surface area contributed by atoms with Crippen LogP contribution in [0.2, 0.25) is 0 Å². The minimum absolute atomic E-state index is 0.134. The molecule has 0 unspecified atom stereocenters. The van der Waals surface area contributed by atoms with Gasteiger partial charge in [0.1, 0.15) is 5.76 Å². The Balaban J connectivity index is 1.38. The van der Waals surface area contributed by atoms with Crippen LogP contribution in [-0.4, -0.2) is 49.9 Å². The Morgan fingerprint density at radius 2 is 2.06 bits per heavy atom. The predicted molar refractivity (Wildman–Crippen MR) is 141 cm³/mol. The standard InChI is InChI=1S/C25H24N6O2S2/c1-14(32)30-8-6-16(7-9-30)31-13-15(11-28-31)19-12-27-24(26)22-18(19)10-21(33-22)17-4-3-5-20-23(17)35-25(29-20)34-2/h3-5,10-13,16H,6-9H2,1-2H3,(H2,26,27). The fourth-order valence-electron chi connectivity index (χ4n) is 4.74. The average molecular weight is 505 g/mol. The normalized spacial score (nSPS) is 14.9. The summed E-state index contributed by atoms with van der Waals surface area (Å²) in [5.41, 5.74) is 10.6. The van der Waals surface area contributed by atoms with Gasteiger partial charge in [0.25, 0.3) is 0 Å². The zero-order valence-electron chi connectivity index (χ0n) is 19.4. The first-order chi connectivity index (χ1) is 17.0. The Kier molecular flexibility index (Phi) is 5.49. The molecule has 2 N–H and O–H groups in total. The molecule has 0 saturated carbocycles. The van der Waals surface area contributed by atoms with E-state index in [-0.39, 0.29) is 11.9 Å². The van der Waals surface area contributed by atoms with Gasteiger partial charge in [-0.3, -0.25) is 9.48 Å². The van der Waals surface area contributed by atoms with Crippen molar-refractivity contribution in [2.45, 2.75) is 30.1 Å². The first-order valence-electron chi connectivity index (χ1n) is 11.4. The lowest BCUT2D eigenvalue weighted by atomic mass is 10.0. The van der Waals surface area contributed by atoms with E-state index in [0.29, 0.717) is 11.4 Å². The van der Waals surface area contributed by atoms with E-state index in [2.05, 4.69) is 27.3 Å². The monoisotopic (exact) mass is 504 g/mol. The molecule has 35 heavy (non-hydrogen) atoms. The molecule has 1 aliphatic heterocycles. The number of hydrogen-bond donors (Lipinski definition) is 1. The molecule has 0 aliphatic carbocycles. The lowest BCUT2D eigenvalue weighted by Crippen LogP contribution is -2.37. The molecule has 1 amide bonds. The van der Waals surface area contributed by atoms with Crippen molar-refractivity contribution in [1.82, 2.24) is 24.6 Å². The number of amides is 1. The summed E-state index contributed by atoms with van der Waals surface area (Å²) in [5, 5.41) is 5.56. The topological polar surface area (TPSA) is 103 Å². The second-order valence-corrected chi connectivity index (χ2v) is 10.7. The molecule has 0 radical (unpaired) electrons. The molecular formula is C25H24N6O2S2. The van der Waals surface area contributed by atoms with Gasteiger partial charge in [-0.2, -0.15) is 5.10 Å². The minimum Gasteiger partial charge on any atom is -0.452 e. The van der Waals surface area contributed by atoms with Gasteiger partial charge >= 0.3 is 0 Å². The maximum atomic E-state index is 11.7. The van der Waals surface area contributed by atoms with Crippen molar-refractivity contribution in [3.05, 3.63) is 42.9 Å². The summed E-state index contributed by atoms with van der Waals surface area (Å²) >= 11 is 3.30. The number of anilines is 1. The van der Waals surface area contributed by atoms with E-state index in [9.17, 15) is 4.79 Å². The largest absolute Gasteiger partial charge is 0.452 e. The zero-order valence-corrected chi connectivity index (χ0v) is 21.0. The molecular weight excluding hydrogens is 480 g/mol. The summed E-state index contributed by atoms with van der Waals surface area (Å²) in [6, 6.07) is 8.38. The van der Waals surface area contributed by atoms with E-state index in [0.717, 1.165) is 68.3 Å². The molecule has 8 nitrogen and oxygen atoms in total. The molecule has 1 aromatic carbocycles. The van der Waals surface area contributed by atoms with E-state index in [1.54, 1.807) is 36.2 Å². The SMILES string of the molecule is CSc1nc2cccc(-c3cc4c(-c5cnn(C6CCN(C(C)=O)CC6)c5)cnc(N)c4o3)c2s1. The molecule has 0 bridgehead atoms. The third-order valence-electron chi connectivity index (χ3n) is 6.62. The van der Waals surface area contributed by atoms with Gasteiger partial charge < -0.3 is 15.1 Å². The van der Waals surface area contributed by atoms with Gasteiger partial charge in [0, 0.05) is 54.5 Å². The molecule has 1 aliphatic rings. The highest BCUT2D eigenvalue weighted by Crippen LogP contribution is 2.41. The highest BCUT2D eigenvalue weighted by molar-refractivity contribution is 8.00. The fraction of sp³-hybridized carbons (Fsp3) is 0.280. The number of nitrogens with two attached hydrogens (primary N) is 1. The average Bonchev–Trinajstić information content (AvgIpc) is 3.62. The Hall–Kier alpha value is -3.37. The van der Waals surface area contributed by atoms with Crippen molar-refractivity contribution in [2.24, 2.45) is 0 Å². The number of likely N-dealkylation sites (tertiary alicyclic amines) is 1. The number of hydrogen-bond acceptors (Lipinski definition) is 8. The second-order valence-electron chi connectivity index (χ2n) is 8.69. The number of furan rings is 1. The minimum atomic E-state index is 0.134. The lowest BCUT2D eigenvalue weighted by Gasteiger charge is -2.31. The Labute approximate surface area is 210 Å². The molecule has 0 spiro atoms. The van der Waals surface area contributed by atoms with Crippen LogP contribution < -0.4 is 5.73 Å². The van der Waals surface area contributed by atoms with Crippen LogP contribution in [0.5, 0.6) is 0 Å². The van der Waals surface area contributed by atoms with Crippen LogP contribution in [0.1, 0.15) is 25.8 Å². The molecule has 10 heteroatoms. The molecule has 1 fully saturated rings. The number of thiazole rings is 1. The quantitative estimate of drug-likeness (QED) is 0.324. The highest BCUT2D eigenvalue weighted by atomic mass is 32.2. The van der Waals surface area contributed by atoms with Crippen molar-refractivity contribution in [3.8, 4) is 22.5 Å². The van der Waals surface area contributed by atoms with Gasteiger partial charge in [-0.05, 0) is 37.3 Å². The molecule has 178 valence electrons. The maximum Gasteiger partial charge on any atom is 0.219 e. The number of rotatable bonds is 4. The zero-order chi connectivity index (χ0) is 24.1. The van der Waals surface area contributed by atoms with Gasteiger partial charge in [-0.15, -0.1) is 11.3 Å². The van der Waals surface area contributed by atoms with Gasteiger partial charge in [-0.25, -0.2) is 9.97 Å². The summed E-state index contributed by atoms with van der Waals surface area (Å²) in [6.07, 6.45) is 9.53. The van der Waals surface area contributed by atoms with Crippen LogP contribution in [0, 0.1) is 0 Å². The van der Waals surface area contributed by atoms with Crippen molar-refractivity contribution in [2.75, 3.05) is 25.1 Å². The summed E-state index contributed by atoms with van der Waals surface area (Å²) < 4.78 is 10.4. The number of nitrogen functional groups attached to an aromatic ring is 1. The van der Waals surface area contributed by atoms with Crippen molar-refractivity contribution < 1.29 is 9.21 Å². The fourth-order valence-corrected chi connectivity index (χ4v) is 6.33. The van der Waals surface area contributed by atoms with E-state index in [4.69, 9.17) is 10.2 Å². The van der Waals surface area contributed by atoms with Crippen molar-refractivity contribution in [3.63, 3.8) is 0 Å². The number of nitrogens with zero attached hydrogens (tertiary/aromatic N) is 5. The van der Waals surface area contributed by atoms with E-state index in [1.807, 2.05) is 40.2 Å². The molecule has 6 rings (SSSR count). The summed E-state index contributed by atoms with van der Waals surface area (Å²) in [5.74, 6) is 1.24. The number of thioether (sulfide) groups is 1. The Morgan fingerprint density at radius 1 is 1.23 bits per heavy atom.